The molecule has 0 saturated heterocycles. The summed E-state index contributed by atoms with van der Waals surface area (Å²) in [5, 5.41) is 22.9. The van der Waals surface area contributed by atoms with E-state index in [1.54, 1.807) is 0 Å². The van der Waals surface area contributed by atoms with Crippen LogP contribution in [0.3, 0.4) is 0 Å². The summed E-state index contributed by atoms with van der Waals surface area (Å²) in [6, 6.07) is 11.8. The molecule has 6 nitrogen and oxygen atoms in total. The van der Waals surface area contributed by atoms with Gasteiger partial charge in [-0.25, -0.2) is 0 Å². The van der Waals surface area contributed by atoms with E-state index < -0.39 is 12.2 Å². The van der Waals surface area contributed by atoms with Crippen molar-refractivity contribution >= 4 is 10.8 Å². The Morgan fingerprint density at radius 1 is 0.345 bits per heavy atom. The van der Waals surface area contributed by atoms with Crippen molar-refractivity contribution in [3.05, 3.63) is 36.4 Å². The Kier molecular flexibility index (Phi) is 35.4. The number of aliphatic hydroxyl groups excluding tert-OH is 2. The lowest BCUT2D eigenvalue weighted by atomic mass is 10.0. The van der Waals surface area contributed by atoms with Gasteiger partial charge in [-0.05, 0) is 47.9 Å². The third-order valence-electron chi connectivity index (χ3n) is 11.6. The lowest BCUT2D eigenvalue weighted by Gasteiger charge is -2.14. The average Bonchev–Trinajstić information content (AvgIpc) is 3.23. The Morgan fingerprint density at radius 3 is 0.914 bits per heavy atom. The molecular formula is C52H92O6. The molecule has 0 aromatic heterocycles. The first-order valence-electron chi connectivity index (χ1n) is 24.9. The van der Waals surface area contributed by atoms with E-state index in [1.807, 2.05) is 36.4 Å². The molecular weight excluding hydrogens is 721 g/mol. The maximum atomic E-state index is 10.4. The van der Waals surface area contributed by atoms with Crippen molar-refractivity contribution in [2.45, 2.75) is 232 Å². The third kappa shape index (κ3) is 31.1. The number of aliphatic hydroxyl groups is 2. The van der Waals surface area contributed by atoms with Gasteiger partial charge in [-0.15, -0.1) is 0 Å². The van der Waals surface area contributed by atoms with Gasteiger partial charge in [0, 0.05) is 13.2 Å². The highest BCUT2D eigenvalue weighted by Gasteiger charge is 2.09. The highest BCUT2D eigenvalue weighted by atomic mass is 16.5. The van der Waals surface area contributed by atoms with E-state index in [1.165, 1.54) is 193 Å². The Balaban J connectivity index is 1.41. The van der Waals surface area contributed by atoms with Crippen LogP contribution in [0.1, 0.15) is 219 Å². The van der Waals surface area contributed by atoms with Crippen LogP contribution in [0, 0.1) is 0 Å². The molecule has 0 aliphatic carbocycles. The predicted octanol–water partition coefficient (Wildman–Crippen LogP) is 14.9. The molecule has 0 saturated carbocycles. The molecule has 0 amide bonds. The van der Waals surface area contributed by atoms with Crippen molar-refractivity contribution in [3.8, 4) is 11.5 Å². The zero-order chi connectivity index (χ0) is 41.4. The van der Waals surface area contributed by atoms with Crippen molar-refractivity contribution < 1.29 is 29.2 Å². The molecule has 0 fully saturated rings. The monoisotopic (exact) mass is 813 g/mol. The number of ether oxygens (including phenoxy) is 4. The van der Waals surface area contributed by atoms with Crippen LogP contribution in [-0.2, 0) is 9.47 Å². The zero-order valence-corrected chi connectivity index (χ0v) is 38.0. The third-order valence-corrected chi connectivity index (χ3v) is 11.6. The van der Waals surface area contributed by atoms with Crippen LogP contribution in [0.15, 0.2) is 36.4 Å². The van der Waals surface area contributed by atoms with Gasteiger partial charge in [-0.2, -0.15) is 0 Å². The first-order chi connectivity index (χ1) is 28.6. The smallest absolute Gasteiger partial charge is 0.120 e. The van der Waals surface area contributed by atoms with Gasteiger partial charge in [0.25, 0.3) is 0 Å². The second kappa shape index (κ2) is 39.3. The summed E-state index contributed by atoms with van der Waals surface area (Å²) in [6.07, 6.45) is 42.1. The van der Waals surface area contributed by atoms with Crippen LogP contribution in [0.4, 0.5) is 0 Å². The van der Waals surface area contributed by atoms with Gasteiger partial charge in [0.05, 0.1) is 13.2 Å². The Labute approximate surface area is 357 Å². The van der Waals surface area contributed by atoms with E-state index in [2.05, 4.69) is 13.8 Å². The number of benzene rings is 2. The topological polar surface area (TPSA) is 77.4 Å². The quantitative estimate of drug-likeness (QED) is 0.0649. The highest BCUT2D eigenvalue weighted by molar-refractivity contribution is 5.85. The van der Waals surface area contributed by atoms with Crippen molar-refractivity contribution in [1.82, 2.24) is 0 Å². The standard InChI is InChI=1S/C52H92O6/c1-3-5-7-9-11-13-15-17-19-21-23-25-27-29-31-33-39-55-43-49(53)45-57-51-37-35-47-36-38-52(42-48(47)41-51)58-46-50(54)44-56-40-34-32-30-28-26-24-22-20-18-16-14-12-10-8-6-4-2/h35-38,41-42,49-50,53-54H,3-34,39-40,43-46H2,1-2H3. The minimum atomic E-state index is -0.667. The molecule has 0 spiro atoms. The molecule has 0 aliphatic rings. The van der Waals surface area contributed by atoms with E-state index in [0.29, 0.717) is 24.7 Å². The highest BCUT2D eigenvalue weighted by Crippen LogP contribution is 2.26. The van der Waals surface area contributed by atoms with Gasteiger partial charge in [0.1, 0.15) is 36.9 Å². The Hall–Kier alpha value is -1.86. The van der Waals surface area contributed by atoms with Crippen LogP contribution in [0.25, 0.3) is 10.8 Å². The molecule has 0 aliphatic heterocycles. The van der Waals surface area contributed by atoms with Gasteiger partial charge in [0.2, 0.25) is 0 Å². The number of unbranched alkanes of at least 4 members (excludes halogenated alkanes) is 30. The summed E-state index contributed by atoms with van der Waals surface area (Å²) in [5.41, 5.74) is 0. The summed E-state index contributed by atoms with van der Waals surface area (Å²) < 4.78 is 23.3. The number of fused-ring (bicyclic) bond motifs is 1. The van der Waals surface area contributed by atoms with E-state index in [-0.39, 0.29) is 26.4 Å². The molecule has 0 heterocycles. The van der Waals surface area contributed by atoms with Gasteiger partial charge >= 0.3 is 0 Å². The normalized spacial score (nSPS) is 12.7. The second-order valence-corrected chi connectivity index (χ2v) is 17.4. The lowest BCUT2D eigenvalue weighted by Crippen LogP contribution is -2.23. The van der Waals surface area contributed by atoms with Crippen LogP contribution in [-0.4, -0.2) is 62.1 Å². The maximum Gasteiger partial charge on any atom is 0.120 e. The van der Waals surface area contributed by atoms with Crippen LogP contribution >= 0.6 is 0 Å². The minimum Gasteiger partial charge on any atom is -0.491 e. The molecule has 6 heteroatoms. The molecule has 2 aromatic rings. The molecule has 2 N–H and O–H groups in total. The van der Waals surface area contributed by atoms with Crippen molar-refractivity contribution in [2.24, 2.45) is 0 Å². The lowest BCUT2D eigenvalue weighted by molar-refractivity contribution is 0.0109. The largest absolute Gasteiger partial charge is 0.491 e. The molecule has 2 aromatic carbocycles. The number of hydrogen-bond donors (Lipinski definition) is 2. The van der Waals surface area contributed by atoms with Gasteiger partial charge < -0.3 is 29.2 Å². The fourth-order valence-electron chi connectivity index (χ4n) is 7.81. The summed E-state index contributed by atoms with van der Waals surface area (Å²) in [5.74, 6) is 1.40. The van der Waals surface area contributed by atoms with Gasteiger partial charge in [-0.1, -0.05) is 219 Å². The first-order valence-corrected chi connectivity index (χ1v) is 24.9. The van der Waals surface area contributed by atoms with Crippen LogP contribution in [0.5, 0.6) is 11.5 Å². The molecule has 2 rings (SSSR count). The SMILES string of the molecule is CCCCCCCCCCCCCCCCCCOCC(O)COc1ccc2ccc(OCC(O)COCCCCCCCCCCCCCCCCCC)cc2c1. The Morgan fingerprint density at radius 2 is 0.621 bits per heavy atom. The summed E-state index contributed by atoms with van der Waals surface area (Å²) in [7, 11) is 0. The fraction of sp³-hybridized carbons (Fsp3) is 0.808. The zero-order valence-electron chi connectivity index (χ0n) is 38.0. The van der Waals surface area contributed by atoms with Crippen molar-refractivity contribution in [3.63, 3.8) is 0 Å². The van der Waals surface area contributed by atoms with Crippen LogP contribution < -0.4 is 9.47 Å². The molecule has 2 atom stereocenters. The van der Waals surface area contributed by atoms with Crippen molar-refractivity contribution in [2.75, 3.05) is 39.6 Å². The van der Waals surface area contributed by atoms with Crippen LogP contribution in [0.2, 0.25) is 0 Å². The van der Waals surface area contributed by atoms with E-state index >= 15 is 0 Å². The molecule has 0 radical (unpaired) electrons. The van der Waals surface area contributed by atoms with E-state index in [4.69, 9.17) is 18.9 Å². The summed E-state index contributed by atoms with van der Waals surface area (Å²) in [4.78, 5) is 0. The second-order valence-electron chi connectivity index (χ2n) is 17.4. The Bertz CT molecular complexity index is 1070. The number of rotatable bonds is 44. The molecule has 0 bridgehead atoms. The predicted molar refractivity (Wildman–Crippen MR) is 248 cm³/mol. The van der Waals surface area contributed by atoms with Gasteiger partial charge in [0.15, 0.2) is 0 Å². The van der Waals surface area contributed by atoms with Crippen molar-refractivity contribution in [1.29, 1.82) is 0 Å². The summed E-state index contributed by atoms with van der Waals surface area (Å²) >= 11 is 0. The fourth-order valence-corrected chi connectivity index (χ4v) is 7.81. The summed E-state index contributed by atoms with van der Waals surface area (Å²) in [6.45, 7) is 6.90. The maximum absolute atomic E-state index is 10.4. The minimum absolute atomic E-state index is 0.187. The number of hydrogen-bond acceptors (Lipinski definition) is 6. The first kappa shape index (κ1) is 52.3. The van der Waals surface area contributed by atoms with Gasteiger partial charge in [-0.3, -0.25) is 0 Å². The van der Waals surface area contributed by atoms with E-state index in [0.717, 1.165) is 23.6 Å². The molecule has 2 unspecified atom stereocenters. The molecule has 58 heavy (non-hydrogen) atoms. The van der Waals surface area contributed by atoms with E-state index in [9.17, 15) is 10.2 Å². The molecule has 336 valence electrons. The average molecular weight is 813 g/mol.